The number of amides is 1. The summed E-state index contributed by atoms with van der Waals surface area (Å²) in [4.78, 5) is 22.9. The minimum absolute atomic E-state index is 0.126. The molecule has 4 nitrogen and oxygen atoms in total. The molecule has 1 aliphatic rings. The second-order valence-corrected chi connectivity index (χ2v) is 6.52. The predicted octanol–water partition coefficient (Wildman–Crippen LogP) is 3.77. The summed E-state index contributed by atoms with van der Waals surface area (Å²) < 4.78 is 0. The zero-order chi connectivity index (χ0) is 17.2. The van der Waals surface area contributed by atoms with E-state index in [0.717, 1.165) is 41.3 Å². The van der Waals surface area contributed by atoms with Crippen LogP contribution in [0.15, 0.2) is 60.7 Å². The van der Waals surface area contributed by atoms with Crippen molar-refractivity contribution in [2.45, 2.75) is 25.8 Å². The van der Waals surface area contributed by atoms with Crippen LogP contribution in [0.4, 0.5) is 0 Å². The summed E-state index contributed by atoms with van der Waals surface area (Å²) in [6.45, 7) is 3.31. The molecule has 1 atom stereocenters. The number of hydrogen-bond donors (Lipinski definition) is 1. The Morgan fingerprint density at radius 3 is 2.48 bits per heavy atom. The maximum absolute atomic E-state index is 12.9. The second kappa shape index (κ2) is 6.55. The molecule has 1 amide bonds. The first kappa shape index (κ1) is 15.6. The summed E-state index contributed by atoms with van der Waals surface area (Å²) in [6, 6.07) is 20.1. The first-order valence-electron chi connectivity index (χ1n) is 8.69. The van der Waals surface area contributed by atoms with Crippen LogP contribution in [-0.4, -0.2) is 27.3 Å². The van der Waals surface area contributed by atoms with Crippen molar-refractivity contribution in [3.8, 4) is 11.4 Å². The highest BCUT2D eigenvalue weighted by molar-refractivity contribution is 5.83. The minimum atomic E-state index is -0.126. The normalized spacial score (nSPS) is 14.8. The molecular weight excluding hydrogens is 310 g/mol. The van der Waals surface area contributed by atoms with Gasteiger partial charge in [-0.2, -0.15) is 0 Å². The van der Waals surface area contributed by atoms with Crippen molar-refractivity contribution in [2.24, 2.45) is 0 Å². The van der Waals surface area contributed by atoms with Crippen LogP contribution in [0.5, 0.6) is 0 Å². The molecule has 0 bridgehead atoms. The third-order valence-corrected chi connectivity index (χ3v) is 4.86. The van der Waals surface area contributed by atoms with Crippen molar-refractivity contribution < 1.29 is 4.79 Å². The molecule has 1 aliphatic heterocycles. The zero-order valence-electron chi connectivity index (χ0n) is 14.3. The van der Waals surface area contributed by atoms with Crippen LogP contribution in [0.2, 0.25) is 0 Å². The molecular formula is C21H21N3O. The van der Waals surface area contributed by atoms with Crippen LogP contribution in [0.25, 0.3) is 11.4 Å². The number of aromatic amines is 1. The summed E-state index contributed by atoms with van der Waals surface area (Å²) in [6.07, 6.45) is 0.798. The van der Waals surface area contributed by atoms with Gasteiger partial charge in [-0.1, -0.05) is 60.7 Å². The highest BCUT2D eigenvalue weighted by atomic mass is 16.2. The Hall–Kier alpha value is -2.88. The minimum Gasteiger partial charge on any atom is -0.340 e. The van der Waals surface area contributed by atoms with Crippen LogP contribution in [0.3, 0.4) is 0 Å². The number of benzene rings is 2. The van der Waals surface area contributed by atoms with Gasteiger partial charge in [-0.15, -0.1) is 0 Å². The number of carbonyl (C=O) groups excluding carboxylic acids is 1. The van der Waals surface area contributed by atoms with E-state index >= 15 is 0 Å². The van der Waals surface area contributed by atoms with Gasteiger partial charge in [0.05, 0.1) is 23.9 Å². The Kier molecular flexibility index (Phi) is 4.10. The number of H-pyrrole nitrogens is 1. The largest absolute Gasteiger partial charge is 0.340 e. The van der Waals surface area contributed by atoms with E-state index in [1.54, 1.807) is 0 Å². The molecule has 0 spiro atoms. The number of nitrogens with zero attached hydrogens (tertiary/aromatic N) is 2. The number of aromatic nitrogens is 2. The van der Waals surface area contributed by atoms with Crippen molar-refractivity contribution in [1.29, 1.82) is 0 Å². The lowest BCUT2D eigenvalue weighted by atomic mass is 9.98. The maximum Gasteiger partial charge on any atom is 0.230 e. The van der Waals surface area contributed by atoms with Crippen molar-refractivity contribution in [3.63, 3.8) is 0 Å². The molecule has 1 N–H and O–H groups in total. The molecule has 2 heterocycles. The van der Waals surface area contributed by atoms with E-state index in [-0.39, 0.29) is 11.8 Å². The SMILES string of the molecule is C[C@H](C(=O)N1CCc2nc(-c3ccccc3)[nH]c2C1)c1ccccc1. The number of hydrogen-bond acceptors (Lipinski definition) is 2. The Morgan fingerprint density at radius 2 is 1.76 bits per heavy atom. The van der Waals surface area contributed by atoms with Crippen molar-refractivity contribution in [3.05, 3.63) is 77.6 Å². The van der Waals surface area contributed by atoms with Gasteiger partial charge >= 0.3 is 0 Å². The van der Waals surface area contributed by atoms with Gasteiger partial charge < -0.3 is 9.88 Å². The molecule has 1 aromatic heterocycles. The smallest absolute Gasteiger partial charge is 0.230 e. The van der Waals surface area contributed by atoms with Crippen LogP contribution in [0.1, 0.15) is 29.8 Å². The molecule has 25 heavy (non-hydrogen) atoms. The summed E-state index contributed by atoms with van der Waals surface area (Å²) in [5, 5.41) is 0. The van der Waals surface area contributed by atoms with Gasteiger partial charge in [-0.3, -0.25) is 4.79 Å². The number of carbonyl (C=O) groups is 1. The third kappa shape index (κ3) is 3.07. The quantitative estimate of drug-likeness (QED) is 0.794. The van der Waals surface area contributed by atoms with Crippen LogP contribution in [-0.2, 0) is 17.8 Å². The van der Waals surface area contributed by atoms with Crippen molar-refractivity contribution >= 4 is 5.91 Å². The summed E-state index contributed by atoms with van der Waals surface area (Å²) in [5.74, 6) is 0.933. The number of rotatable bonds is 3. The van der Waals surface area contributed by atoms with E-state index in [0.29, 0.717) is 6.54 Å². The Morgan fingerprint density at radius 1 is 1.08 bits per heavy atom. The number of fused-ring (bicyclic) bond motifs is 1. The van der Waals surface area contributed by atoms with Gasteiger partial charge in [0.25, 0.3) is 0 Å². The standard InChI is InChI=1S/C21H21N3O/c1-15(16-8-4-2-5-9-16)21(25)24-13-12-18-19(14-24)23-20(22-18)17-10-6-3-7-11-17/h2-11,15H,12-14H2,1H3,(H,22,23)/t15-/m0/s1. The van der Waals surface area contributed by atoms with Gasteiger partial charge in [-0.05, 0) is 12.5 Å². The molecule has 4 rings (SSSR count). The zero-order valence-corrected chi connectivity index (χ0v) is 14.3. The van der Waals surface area contributed by atoms with Crippen LogP contribution >= 0.6 is 0 Å². The number of nitrogens with one attached hydrogen (secondary N) is 1. The average molecular weight is 331 g/mol. The molecule has 0 saturated carbocycles. The first-order chi connectivity index (χ1) is 12.2. The fourth-order valence-electron chi connectivity index (χ4n) is 3.37. The van der Waals surface area contributed by atoms with E-state index in [2.05, 4.69) is 4.98 Å². The highest BCUT2D eigenvalue weighted by Crippen LogP contribution is 2.25. The number of imidazole rings is 1. The van der Waals surface area contributed by atoms with E-state index in [4.69, 9.17) is 4.98 Å². The van der Waals surface area contributed by atoms with E-state index in [1.807, 2.05) is 72.5 Å². The Bertz CT molecular complexity index is 871. The van der Waals surface area contributed by atoms with Gasteiger partial charge in [0, 0.05) is 18.5 Å². The summed E-state index contributed by atoms with van der Waals surface area (Å²) in [5.41, 5.74) is 4.27. The third-order valence-electron chi connectivity index (χ3n) is 4.86. The van der Waals surface area contributed by atoms with Gasteiger partial charge in [-0.25, -0.2) is 4.98 Å². The fourth-order valence-corrected chi connectivity index (χ4v) is 3.37. The highest BCUT2D eigenvalue weighted by Gasteiger charge is 2.27. The molecule has 0 aliphatic carbocycles. The van der Waals surface area contributed by atoms with E-state index < -0.39 is 0 Å². The lowest BCUT2D eigenvalue weighted by Gasteiger charge is -2.29. The predicted molar refractivity (Wildman–Crippen MR) is 98.0 cm³/mol. The molecule has 4 heteroatoms. The van der Waals surface area contributed by atoms with Crippen LogP contribution < -0.4 is 0 Å². The molecule has 0 fully saturated rings. The lowest BCUT2D eigenvalue weighted by molar-refractivity contribution is -0.133. The molecule has 126 valence electrons. The maximum atomic E-state index is 12.9. The molecule has 0 saturated heterocycles. The molecule has 0 unspecified atom stereocenters. The average Bonchev–Trinajstić information content (AvgIpc) is 3.11. The van der Waals surface area contributed by atoms with E-state index in [9.17, 15) is 4.79 Å². The topological polar surface area (TPSA) is 49.0 Å². The van der Waals surface area contributed by atoms with E-state index in [1.165, 1.54) is 0 Å². The van der Waals surface area contributed by atoms with Gasteiger partial charge in [0.2, 0.25) is 5.91 Å². The molecule has 2 aromatic carbocycles. The lowest BCUT2D eigenvalue weighted by Crippen LogP contribution is -2.38. The molecule has 0 radical (unpaired) electrons. The van der Waals surface area contributed by atoms with Gasteiger partial charge in [0.1, 0.15) is 5.82 Å². The van der Waals surface area contributed by atoms with Crippen molar-refractivity contribution in [1.82, 2.24) is 14.9 Å². The fraction of sp³-hybridized carbons (Fsp3) is 0.238. The Labute approximate surface area is 147 Å². The monoisotopic (exact) mass is 331 g/mol. The van der Waals surface area contributed by atoms with Crippen molar-refractivity contribution in [2.75, 3.05) is 6.54 Å². The first-order valence-corrected chi connectivity index (χ1v) is 8.69. The summed E-state index contributed by atoms with van der Waals surface area (Å²) >= 11 is 0. The van der Waals surface area contributed by atoms with Gasteiger partial charge in [0.15, 0.2) is 0 Å². The Balaban J connectivity index is 1.53. The summed E-state index contributed by atoms with van der Waals surface area (Å²) in [7, 11) is 0. The molecule has 3 aromatic rings. The second-order valence-electron chi connectivity index (χ2n) is 6.52. The van der Waals surface area contributed by atoms with Crippen LogP contribution in [0, 0.1) is 0 Å².